The van der Waals surface area contributed by atoms with Crippen molar-refractivity contribution in [1.82, 2.24) is 9.55 Å². The maximum Gasteiger partial charge on any atom is 0.201 e. The third-order valence-electron chi connectivity index (χ3n) is 3.34. The molecule has 20 heavy (non-hydrogen) atoms. The molecule has 104 valence electrons. The predicted molar refractivity (Wildman–Crippen MR) is 84.6 cm³/mol. The minimum atomic E-state index is -0.305. The van der Waals surface area contributed by atoms with E-state index in [1.165, 1.54) is 16.5 Å². The number of aryl methyl sites for hydroxylation is 1. The third-order valence-corrected chi connectivity index (χ3v) is 4.90. The molecular weight excluding hydrogens is 341 g/mol. The molecular formula is C14H13BrFN3S. The Labute approximate surface area is 128 Å². The van der Waals surface area contributed by atoms with Gasteiger partial charge in [0.25, 0.3) is 0 Å². The lowest BCUT2D eigenvalue weighted by Gasteiger charge is -2.07. The molecule has 0 spiro atoms. The van der Waals surface area contributed by atoms with Crippen molar-refractivity contribution < 1.29 is 4.39 Å². The summed E-state index contributed by atoms with van der Waals surface area (Å²) >= 11 is 4.86. The highest BCUT2D eigenvalue weighted by Crippen LogP contribution is 2.27. The van der Waals surface area contributed by atoms with Crippen molar-refractivity contribution in [2.45, 2.75) is 19.9 Å². The molecule has 3 aromatic rings. The summed E-state index contributed by atoms with van der Waals surface area (Å²) in [4.78, 5) is 5.54. The monoisotopic (exact) mass is 353 g/mol. The normalized spacial score (nSPS) is 11.3. The fraction of sp³-hybridized carbons (Fsp3) is 0.214. The lowest BCUT2D eigenvalue weighted by Crippen LogP contribution is -2.04. The Balaban J connectivity index is 2.11. The van der Waals surface area contributed by atoms with Crippen molar-refractivity contribution >= 4 is 44.2 Å². The van der Waals surface area contributed by atoms with Crippen molar-refractivity contribution in [3.8, 4) is 0 Å². The molecule has 0 aliphatic carbocycles. The van der Waals surface area contributed by atoms with Gasteiger partial charge in [0.15, 0.2) is 0 Å². The molecule has 3 nitrogen and oxygen atoms in total. The SMILES string of the molecule is CCc1ccsc1Cn1c(N)nc2cc(Br)c(F)cc21. The Bertz CT molecular complexity index is 778. The van der Waals surface area contributed by atoms with Crippen LogP contribution in [0.2, 0.25) is 0 Å². The van der Waals surface area contributed by atoms with Crippen molar-refractivity contribution in [2.24, 2.45) is 0 Å². The Kier molecular flexibility index (Phi) is 3.52. The summed E-state index contributed by atoms with van der Waals surface area (Å²) in [5.74, 6) is 0.105. The number of nitrogens with two attached hydrogens (primary N) is 1. The fourth-order valence-corrected chi connectivity index (χ4v) is 3.56. The smallest absolute Gasteiger partial charge is 0.201 e. The standard InChI is InChI=1S/C14H13BrFN3S/c1-2-8-3-4-20-13(8)7-19-12-6-10(16)9(15)5-11(12)18-14(19)17/h3-6H,2,7H2,1H3,(H2,17,18). The van der Waals surface area contributed by atoms with Gasteiger partial charge in [0.2, 0.25) is 5.95 Å². The van der Waals surface area contributed by atoms with Gasteiger partial charge in [-0.1, -0.05) is 6.92 Å². The van der Waals surface area contributed by atoms with E-state index in [9.17, 15) is 4.39 Å². The van der Waals surface area contributed by atoms with Crippen LogP contribution in [-0.2, 0) is 13.0 Å². The highest BCUT2D eigenvalue weighted by molar-refractivity contribution is 9.10. The second-order valence-corrected chi connectivity index (χ2v) is 6.39. The first-order valence-corrected chi connectivity index (χ1v) is 7.93. The molecule has 2 heterocycles. The molecule has 0 radical (unpaired) electrons. The average Bonchev–Trinajstić information content (AvgIpc) is 2.97. The van der Waals surface area contributed by atoms with Crippen LogP contribution in [0.15, 0.2) is 28.1 Å². The van der Waals surface area contributed by atoms with Gasteiger partial charge in [-0.3, -0.25) is 0 Å². The molecule has 0 saturated heterocycles. The van der Waals surface area contributed by atoms with Crippen molar-refractivity contribution in [3.63, 3.8) is 0 Å². The zero-order chi connectivity index (χ0) is 14.3. The van der Waals surface area contributed by atoms with Gasteiger partial charge in [0, 0.05) is 10.9 Å². The molecule has 0 unspecified atom stereocenters. The summed E-state index contributed by atoms with van der Waals surface area (Å²) < 4.78 is 16.0. The highest BCUT2D eigenvalue weighted by Gasteiger charge is 2.13. The lowest BCUT2D eigenvalue weighted by molar-refractivity contribution is 0.622. The first-order valence-electron chi connectivity index (χ1n) is 6.26. The van der Waals surface area contributed by atoms with E-state index in [1.54, 1.807) is 17.4 Å². The second-order valence-electron chi connectivity index (χ2n) is 4.53. The summed E-state index contributed by atoms with van der Waals surface area (Å²) in [7, 11) is 0. The molecule has 0 aliphatic rings. The molecule has 0 atom stereocenters. The summed E-state index contributed by atoms with van der Waals surface area (Å²) in [5, 5.41) is 2.07. The molecule has 3 rings (SSSR count). The van der Waals surface area contributed by atoms with Gasteiger partial charge < -0.3 is 10.3 Å². The quantitative estimate of drug-likeness (QED) is 0.766. The molecule has 6 heteroatoms. The number of imidazole rings is 1. The van der Waals surface area contributed by atoms with E-state index in [4.69, 9.17) is 5.73 Å². The maximum atomic E-state index is 13.7. The van der Waals surface area contributed by atoms with Crippen LogP contribution in [0.1, 0.15) is 17.4 Å². The molecule has 0 fully saturated rings. The number of halogens is 2. The molecule has 2 aromatic heterocycles. The predicted octanol–water partition coefficient (Wildman–Crippen LogP) is 4.19. The van der Waals surface area contributed by atoms with Gasteiger partial charge in [-0.05, 0) is 45.4 Å². The number of benzene rings is 1. The Morgan fingerprint density at radius 3 is 3.00 bits per heavy atom. The fourth-order valence-electron chi connectivity index (χ4n) is 2.27. The van der Waals surface area contributed by atoms with Crippen LogP contribution in [0.5, 0.6) is 0 Å². The van der Waals surface area contributed by atoms with Crippen LogP contribution < -0.4 is 5.73 Å². The number of thiophene rings is 1. The van der Waals surface area contributed by atoms with E-state index < -0.39 is 0 Å². The summed E-state index contributed by atoms with van der Waals surface area (Å²) in [6, 6.07) is 5.25. The Hall–Kier alpha value is -1.40. The number of fused-ring (bicyclic) bond motifs is 1. The van der Waals surface area contributed by atoms with Gasteiger partial charge in [-0.15, -0.1) is 11.3 Å². The van der Waals surface area contributed by atoms with E-state index in [2.05, 4.69) is 39.3 Å². The number of hydrogen-bond acceptors (Lipinski definition) is 3. The summed E-state index contributed by atoms with van der Waals surface area (Å²) in [6.07, 6.45) is 0.977. The number of rotatable bonds is 3. The summed E-state index contributed by atoms with van der Waals surface area (Å²) in [5.41, 5.74) is 8.70. The third kappa shape index (κ3) is 2.23. The van der Waals surface area contributed by atoms with Gasteiger partial charge >= 0.3 is 0 Å². The van der Waals surface area contributed by atoms with Crippen LogP contribution in [0, 0.1) is 5.82 Å². The van der Waals surface area contributed by atoms with Crippen molar-refractivity contribution in [3.05, 3.63) is 44.3 Å². The Morgan fingerprint density at radius 1 is 1.45 bits per heavy atom. The van der Waals surface area contributed by atoms with E-state index in [0.717, 1.165) is 11.9 Å². The van der Waals surface area contributed by atoms with Gasteiger partial charge in [0.05, 0.1) is 22.1 Å². The first-order chi connectivity index (χ1) is 9.60. The number of nitrogens with zero attached hydrogens (tertiary/aromatic N) is 2. The van der Waals surface area contributed by atoms with Crippen LogP contribution in [0.3, 0.4) is 0 Å². The molecule has 0 aliphatic heterocycles. The number of aromatic nitrogens is 2. The highest BCUT2D eigenvalue weighted by atomic mass is 79.9. The molecule has 1 aromatic carbocycles. The minimum Gasteiger partial charge on any atom is -0.369 e. The van der Waals surface area contributed by atoms with Crippen LogP contribution in [0.4, 0.5) is 10.3 Å². The number of hydrogen-bond donors (Lipinski definition) is 1. The van der Waals surface area contributed by atoms with Gasteiger partial charge in [0.1, 0.15) is 5.82 Å². The van der Waals surface area contributed by atoms with E-state index in [-0.39, 0.29) is 5.82 Å². The number of nitrogen functional groups attached to an aromatic ring is 1. The number of anilines is 1. The lowest BCUT2D eigenvalue weighted by atomic mass is 10.2. The van der Waals surface area contributed by atoms with Crippen LogP contribution >= 0.6 is 27.3 Å². The molecule has 0 saturated carbocycles. The summed E-state index contributed by atoms with van der Waals surface area (Å²) in [6.45, 7) is 2.75. The van der Waals surface area contributed by atoms with Crippen molar-refractivity contribution in [2.75, 3.05) is 5.73 Å². The topological polar surface area (TPSA) is 43.8 Å². The Morgan fingerprint density at radius 2 is 2.25 bits per heavy atom. The van der Waals surface area contributed by atoms with E-state index >= 15 is 0 Å². The zero-order valence-electron chi connectivity index (χ0n) is 10.9. The van der Waals surface area contributed by atoms with Crippen LogP contribution in [-0.4, -0.2) is 9.55 Å². The van der Waals surface area contributed by atoms with Gasteiger partial charge in [-0.25, -0.2) is 9.37 Å². The van der Waals surface area contributed by atoms with Crippen LogP contribution in [0.25, 0.3) is 11.0 Å². The zero-order valence-corrected chi connectivity index (χ0v) is 13.3. The minimum absolute atomic E-state index is 0.305. The van der Waals surface area contributed by atoms with E-state index in [1.807, 2.05) is 4.57 Å². The van der Waals surface area contributed by atoms with E-state index in [0.29, 0.717) is 22.5 Å². The first kappa shape index (κ1) is 13.6. The maximum absolute atomic E-state index is 13.7. The molecule has 0 amide bonds. The second kappa shape index (κ2) is 5.18. The van der Waals surface area contributed by atoms with Gasteiger partial charge in [-0.2, -0.15) is 0 Å². The molecule has 0 bridgehead atoms. The molecule has 2 N–H and O–H groups in total. The van der Waals surface area contributed by atoms with Crippen molar-refractivity contribution in [1.29, 1.82) is 0 Å². The largest absolute Gasteiger partial charge is 0.369 e. The average molecular weight is 354 g/mol.